The Bertz CT molecular complexity index is 270. The van der Waals surface area contributed by atoms with Crippen LogP contribution < -0.4 is 0 Å². The summed E-state index contributed by atoms with van der Waals surface area (Å²) in [6.07, 6.45) is 13.3. The minimum absolute atomic E-state index is 0.0788. The molecule has 0 aromatic carbocycles. The minimum Gasteiger partial charge on any atom is -0.151 e. The van der Waals surface area contributed by atoms with Gasteiger partial charge < -0.3 is 0 Å². The molecule has 0 aromatic rings. The molecule has 1 unspecified atom stereocenters. The first-order chi connectivity index (χ1) is 9.22. The number of nitroso groups, excluding NO2 is 1. The molecular formula is C17H31NO. The molecule has 2 fully saturated rings. The van der Waals surface area contributed by atoms with Gasteiger partial charge in [-0.25, -0.2) is 0 Å². The summed E-state index contributed by atoms with van der Waals surface area (Å²) in [5.74, 6) is 3.68. The molecule has 0 heterocycles. The van der Waals surface area contributed by atoms with E-state index in [0.717, 1.165) is 36.5 Å². The maximum absolute atomic E-state index is 10.8. The Morgan fingerprint density at radius 1 is 1.05 bits per heavy atom. The smallest absolute Gasteiger partial charge is 0.0919 e. The van der Waals surface area contributed by atoms with E-state index in [0.29, 0.717) is 0 Å². The molecular weight excluding hydrogens is 234 g/mol. The van der Waals surface area contributed by atoms with E-state index < -0.39 is 0 Å². The predicted octanol–water partition coefficient (Wildman–Crippen LogP) is 5.55. The van der Waals surface area contributed by atoms with Gasteiger partial charge in [0, 0.05) is 0 Å². The van der Waals surface area contributed by atoms with Crippen LogP contribution >= 0.6 is 0 Å². The summed E-state index contributed by atoms with van der Waals surface area (Å²) in [5, 5.41) is 3.30. The summed E-state index contributed by atoms with van der Waals surface area (Å²) >= 11 is 0. The summed E-state index contributed by atoms with van der Waals surface area (Å²) in [4.78, 5) is 10.8. The van der Waals surface area contributed by atoms with Gasteiger partial charge in [-0.05, 0) is 55.8 Å². The van der Waals surface area contributed by atoms with E-state index in [2.05, 4.69) is 19.0 Å². The third kappa shape index (κ3) is 4.29. The fourth-order valence-corrected chi connectivity index (χ4v) is 4.40. The Balaban J connectivity index is 1.81. The second-order valence-electron chi connectivity index (χ2n) is 7.22. The van der Waals surface area contributed by atoms with Crippen molar-refractivity contribution in [1.82, 2.24) is 0 Å². The molecule has 19 heavy (non-hydrogen) atoms. The Labute approximate surface area is 118 Å². The zero-order chi connectivity index (χ0) is 13.7. The number of hydrogen-bond acceptors (Lipinski definition) is 2. The standard InChI is InChI=1S/C17H31NO/c1-3-17(18-19)12-14-5-4-6-16(11-14)15-9-7-13(2)8-10-15/h13-17H,3-12H2,1-2H3/t13?,14-,15?,16?,17+/m0/s1. The molecule has 0 aliphatic heterocycles. The first-order valence-corrected chi connectivity index (χ1v) is 8.55. The van der Waals surface area contributed by atoms with Crippen molar-refractivity contribution in [3.63, 3.8) is 0 Å². The van der Waals surface area contributed by atoms with E-state index in [1.54, 1.807) is 0 Å². The van der Waals surface area contributed by atoms with Crippen molar-refractivity contribution in [3.8, 4) is 0 Å². The molecule has 0 bridgehead atoms. The van der Waals surface area contributed by atoms with Crippen molar-refractivity contribution in [1.29, 1.82) is 0 Å². The molecule has 0 saturated heterocycles. The van der Waals surface area contributed by atoms with Crippen LogP contribution in [0.3, 0.4) is 0 Å². The van der Waals surface area contributed by atoms with Crippen LogP contribution in [-0.2, 0) is 0 Å². The molecule has 2 saturated carbocycles. The van der Waals surface area contributed by atoms with Crippen molar-refractivity contribution < 1.29 is 0 Å². The van der Waals surface area contributed by atoms with Crippen LogP contribution in [0.4, 0.5) is 0 Å². The summed E-state index contributed by atoms with van der Waals surface area (Å²) in [6, 6.07) is 0.0788. The molecule has 2 heteroatoms. The Morgan fingerprint density at radius 2 is 1.79 bits per heavy atom. The van der Waals surface area contributed by atoms with Gasteiger partial charge in [-0.15, -0.1) is 0 Å². The molecule has 0 aromatic heterocycles. The average Bonchev–Trinajstić information content (AvgIpc) is 2.46. The molecule has 0 N–H and O–H groups in total. The van der Waals surface area contributed by atoms with E-state index in [-0.39, 0.29) is 6.04 Å². The summed E-state index contributed by atoms with van der Waals surface area (Å²) in [7, 11) is 0. The van der Waals surface area contributed by atoms with Crippen molar-refractivity contribution in [2.45, 2.75) is 84.1 Å². The van der Waals surface area contributed by atoms with Crippen LogP contribution in [0.15, 0.2) is 5.18 Å². The van der Waals surface area contributed by atoms with Crippen molar-refractivity contribution in [2.75, 3.05) is 0 Å². The summed E-state index contributed by atoms with van der Waals surface area (Å²) in [6.45, 7) is 4.50. The lowest BCUT2D eigenvalue weighted by molar-refractivity contribution is 0.137. The largest absolute Gasteiger partial charge is 0.151 e. The van der Waals surface area contributed by atoms with Crippen LogP contribution in [0.1, 0.15) is 78.1 Å². The topological polar surface area (TPSA) is 29.4 Å². The van der Waals surface area contributed by atoms with Crippen LogP contribution in [0.5, 0.6) is 0 Å². The maximum atomic E-state index is 10.8. The van der Waals surface area contributed by atoms with Crippen LogP contribution in [0, 0.1) is 28.6 Å². The third-order valence-corrected chi connectivity index (χ3v) is 5.78. The van der Waals surface area contributed by atoms with Gasteiger partial charge >= 0.3 is 0 Å². The molecule has 0 spiro atoms. The first-order valence-electron chi connectivity index (χ1n) is 8.55. The van der Waals surface area contributed by atoms with Gasteiger partial charge in [0.2, 0.25) is 0 Å². The predicted molar refractivity (Wildman–Crippen MR) is 81.1 cm³/mol. The normalized spacial score (nSPS) is 37.8. The van der Waals surface area contributed by atoms with E-state index in [1.165, 1.54) is 51.4 Å². The highest BCUT2D eigenvalue weighted by atomic mass is 16.3. The van der Waals surface area contributed by atoms with Gasteiger partial charge in [0.1, 0.15) is 0 Å². The maximum Gasteiger partial charge on any atom is 0.0919 e. The van der Waals surface area contributed by atoms with Crippen LogP contribution in [0.25, 0.3) is 0 Å². The Kier molecular flexibility index (Phi) is 5.84. The highest BCUT2D eigenvalue weighted by Crippen LogP contribution is 2.42. The number of rotatable bonds is 5. The zero-order valence-corrected chi connectivity index (χ0v) is 12.8. The fourth-order valence-electron chi connectivity index (χ4n) is 4.40. The molecule has 2 rings (SSSR count). The lowest BCUT2D eigenvalue weighted by Crippen LogP contribution is -2.27. The van der Waals surface area contributed by atoms with Crippen molar-refractivity contribution in [3.05, 3.63) is 4.91 Å². The van der Waals surface area contributed by atoms with E-state index in [1.807, 2.05) is 0 Å². The highest BCUT2D eigenvalue weighted by molar-refractivity contribution is 4.83. The third-order valence-electron chi connectivity index (χ3n) is 5.78. The van der Waals surface area contributed by atoms with Gasteiger partial charge in [0.15, 0.2) is 0 Å². The second kappa shape index (κ2) is 7.40. The summed E-state index contributed by atoms with van der Waals surface area (Å²) < 4.78 is 0. The van der Waals surface area contributed by atoms with E-state index in [4.69, 9.17) is 0 Å². The summed E-state index contributed by atoms with van der Waals surface area (Å²) in [5.41, 5.74) is 0. The molecule has 110 valence electrons. The molecule has 3 atom stereocenters. The molecule has 2 nitrogen and oxygen atoms in total. The Morgan fingerprint density at radius 3 is 2.42 bits per heavy atom. The van der Waals surface area contributed by atoms with Crippen molar-refractivity contribution in [2.24, 2.45) is 28.8 Å². The number of hydrogen-bond donors (Lipinski definition) is 0. The van der Waals surface area contributed by atoms with Gasteiger partial charge in [-0.2, -0.15) is 4.91 Å². The number of nitrogens with zero attached hydrogens (tertiary/aromatic N) is 1. The minimum atomic E-state index is 0.0788. The van der Waals surface area contributed by atoms with Crippen LogP contribution in [0.2, 0.25) is 0 Å². The first kappa shape index (κ1) is 15.0. The highest BCUT2D eigenvalue weighted by Gasteiger charge is 2.31. The zero-order valence-electron chi connectivity index (χ0n) is 12.8. The molecule has 0 radical (unpaired) electrons. The Hall–Kier alpha value is -0.400. The van der Waals surface area contributed by atoms with E-state index in [9.17, 15) is 4.91 Å². The van der Waals surface area contributed by atoms with Gasteiger partial charge in [0.05, 0.1) is 6.04 Å². The molecule has 2 aliphatic carbocycles. The van der Waals surface area contributed by atoms with E-state index >= 15 is 0 Å². The molecule has 2 aliphatic rings. The SMILES string of the molecule is CC[C@H](C[C@H]1CCCC(C2CCC(C)CC2)C1)N=O. The second-order valence-corrected chi connectivity index (χ2v) is 7.22. The lowest BCUT2D eigenvalue weighted by atomic mass is 9.68. The molecule has 0 amide bonds. The monoisotopic (exact) mass is 265 g/mol. The average molecular weight is 265 g/mol. The lowest BCUT2D eigenvalue weighted by Gasteiger charge is -2.38. The fraction of sp³-hybridized carbons (Fsp3) is 1.00. The van der Waals surface area contributed by atoms with Gasteiger partial charge in [0.25, 0.3) is 0 Å². The quantitative estimate of drug-likeness (QED) is 0.599. The van der Waals surface area contributed by atoms with Gasteiger partial charge in [-0.3, -0.25) is 0 Å². The van der Waals surface area contributed by atoms with Crippen LogP contribution in [-0.4, -0.2) is 6.04 Å². The van der Waals surface area contributed by atoms with Crippen molar-refractivity contribution >= 4 is 0 Å². The van der Waals surface area contributed by atoms with Gasteiger partial charge in [-0.1, -0.05) is 51.1 Å².